The number of hydrogen-bond acceptors (Lipinski definition) is 3. The summed E-state index contributed by atoms with van der Waals surface area (Å²) in [5.41, 5.74) is 6.01. The third kappa shape index (κ3) is 1.66. The molecule has 0 unspecified atom stereocenters. The average molecular weight is 211 g/mol. The van der Waals surface area contributed by atoms with Crippen molar-refractivity contribution >= 4 is 5.97 Å². The molecule has 0 aliphatic carbocycles. The van der Waals surface area contributed by atoms with Crippen LogP contribution < -0.4 is 10.5 Å². The number of ether oxygens (including phenoxy) is 1. The number of rotatable bonds is 1. The van der Waals surface area contributed by atoms with Crippen LogP contribution in [0.5, 0.6) is 5.75 Å². The smallest absolute Gasteiger partial charge is 0.339 e. The summed E-state index contributed by atoms with van der Waals surface area (Å²) in [6.07, 6.45) is 0.565. The number of carboxylic acids is 1. The highest BCUT2D eigenvalue weighted by molar-refractivity contribution is 5.91. The Kier molecular flexibility index (Phi) is 2.32. The van der Waals surface area contributed by atoms with E-state index in [1.54, 1.807) is 0 Å². The Morgan fingerprint density at radius 2 is 2.33 bits per heavy atom. The van der Waals surface area contributed by atoms with Crippen LogP contribution in [0.2, 0.25) is 0 Å². The lowest BCUT2D eigenvalue weighted by atomic mass is 9.98. The molecule has 0 saturated heterocycles. The Labute approximate surface area is 85.5 Å². The number of fused-ring (bicyclic) bond motifs is 1. The Balaban J connectivity index is 2.62. The van der Waals surface area contributed by atoms with Gasteiger partial charge in [-0.25, -0.2) is 9.18 Å². The van der Waals surface area contributed by atoms with Gasteiger partial charge in [0.25, 0.3) is 0 Å². The van der Waals surface area contributed by atoms with Gasteiger partial charge in [0.15, 0.2) is 0 Å². The molecule has 1 aromatic carbocycles. The summed E-state index contributed by atoms with van der Waals surface area (Å²) in [4.78, 5) is 10.8. The van der Waals surface area contributed by atoms with Gasteiger partial charge in [-0.2, -0.15) is 0 Å². The van der Waals surface area contributed by atoms with Crippen molar-refractivity contribution in [2.75, 3.05) is 6.61 Å². The molecule has 0 aromatic heterocycles. The van der Waals surface area contributed by atoms with Crippen LogP contribution in [-0.2, 0) is 0 Å². The highest BCUT2D eigenvalue weighted by Gasteiger charge is 2.25. The zero-order chi connectivity index (χ0) is 11.0. The van der Waals surface area contributed by atoms with Gasteiger partial charge < -0.3 is 15.6 Å². The summed E-state index contributed by atoms with van der Waals surface area (Å²) in [5.74, 6) is -1.62. The van der Waals surface area contributed by atoms with Crippen LogP contribution in [0.25, 0.3) is 0 Å². The van der Waals surface area contributed by atoms with E-state index in [0.29, 0.717) is 18.6 Å². The van der Waals surface area contributed by atoms with Crippen molar-refractivity contribution in [2.24, 2.45) is 5.73 Å². The fraction of sp³-hybridized carbons (Fsp3) is 0.300. The molecule has 1 aliphatic rings. The second-order valence-electron chi connectivity index (χ2n) is 3.42. The first-order chi connectivity index (χ1) is 7.09. The standard InChI is InChI=1S/C10H10FNO3/c11-5-3-6-8(12)1-2-15-9(6)7(4-5)10(13)14/h3-4,8H,1-2,12H2,(H,13,14)/t8-/m0/s1. The summed E-state index contributed by atoms with van der Waals surface area (Å²) < 4.78 is 18.3. The first-order valence-corrected chi connectivity index (χ1v) is 4.54. The van der Waals surface area contributed by atoms with Crippen LogP contribution in [0.15, 0.2) is 12.1 Å². The molecule has 4 nitrogen and oxygen atoms in total. The van der Waals surface area contributed by atoms with Crippen LogP contribution in [0, 0.1) is 5.82 Å². The van der Waals surface area contributed by atoms with E-state index >= 15 is 0 Å². The number of aromatic carboxylic acids is 1. The second-order valence-corrected chi connectivity index (χ2v) is 3.42. The number of carboxylic acid groups (broad SMARTS) is 1. The molecule has 1 aromatic rings. The molecule has 2 rings (SSSR count). The molecule has 1 atom stereocenters. The summed E-state index contributed by atoms with van der Waals surface area (Å²) in [7, 11) is 0. The highest BCUT2D eigenvalue weighted by atomic mass is 19.1. The van der Waals surface area contributed by atoms with Gasteiger partial charge in [-0.05, 0) is 12.1 Å². The molecular formula is C10H10FNO3. The maximum atomic E-state index is 13.1. The lowest BCUT2D eigenvalue weighted by Gasteiger charge is -2.24. The van der Waals surface area contributed by atoms with Gasteiger partial charge in [0.1, 0.15) is 17.1 Å². The third-order valence-electron chi connectivity index (χ3n) is 2.39. The van der Waals surface area contributed by atoms with E-state index in [4.69, 9.17) is 15.6 Å². The summed E-state index contributed by atoms with van der Waals surface area (Å²) >= 11 is 0. The zero-order valence-electron chi connectivity index (χ0n) is 7.87. The summed E-state index contributed by atoms with van der Waals surface area (Å²) in [6.45, 7) is 0.361. The van der Waals surface area contributed by atoms with E-state index in [0.717, 1.165) is 6.07 Å². The maximum absolute atomic E-state index is 13.1. The first kappa shape index (κ1) is 9.92. The lowest BCUT2D eigenvalue weighted by Crippen LogP contribution is -2.22. The topological polar surface area (TPSA) is 72.5 Å². The van der Waals surface area contributed by atoms with Gasteiger partial charge in [0.05, 0.1) is 6.61 Å². The number of carbonyl (C=O) groups is 1. The normalized spacial score (nSPS) is 19.2. The van der Waals surface area contributed by atoms with E-state index in [2.05, 4.69) is 0 Å². The molecule has 0 amide bonds. The monoisotopic (exact) mass is 211 g/mol. The molecular weight excluding hydrogens is 201 g/mol. The van der Waals surface area contributed by atoms with Crippen LogP contribution in [-0.4, -0.2) is 17.7 Å². The van der Waals surface area contributed by atoms with Gasteiger partial charge in [0, 0.05) is 18.0 Å². The van der Waals surface area contributed by atoms with Gasteiger partial charge in [0.2, 0.25) is 0 Å². The molecule has 15 heavy (non-hydrogen) atoms. The van der Waals surface area contributed by atoms with Crippen molar-refractivity contribution in [1.82, 2.24) is 0 Å². The largest absolute Gasteiger partial charge is 0.492 e. The van der Waals surface area contributed by atoms with Crippen LogP contribution in [0.1, 0.15) is 28.4 Å². The molecule has 3 N–H and O–H groups in total. The molecule has 0 fully saturated rings. The quantitative estimate of drug-likeness (QED) is 0.734. The first-order valence-electron chi connectivity index (χ1n) is 4.54. The Morgan fingerprint density at radius 3 is 3.00 bits per heavy atom. The number of benzene rings is 1. The minimum Gasteiger partial charge on any atom is -0.492 e. The minimum absolute atomic E-state index is 0.167. The molecule has 0 bridgehead atoms. The Morgan fingerprint density at radius 1 is 1.60 bits per heavy atom. The molecule has 1 aliphatic heterocycles. The van der Waals surface area contributed by atoms with Gasteiger partial charge >= 0.3 is 5.97 Å². The SMILES string of the molecule is N[C@H]1CCOc2c(C(=O)O)cc(F)cc21. The van der Waals surface area contributed by atoms with E-state index in [-0.39, 0.29) is 17.4 Å². The second kappa shape index (κ2) is 3.51. The summed E-state index contributed by atoms with van der Waals surface area (Å²) in [5, 5.41) is 8.86. The van der Waals surface area contributed by atoms with Gasteiger partial charge in [-0.1, -0.05) is 0 Å². The van der Waals surface area contributed by atoms with Crippen molar-refractivity contribution < 1.29 is 19.0 Å². The van der Waals surface area contributed by atoms with Crippen LogP contribution in [0.3, 0.4) is 0 Å². The van der Waals surface area contributed by atoms with Crippen molar-refractivity contribution in [2.45, 2.75) is 12.5 Å². The highest BCUT2D eigenvalue weighted by Crippen LogP contribution is 2.34. The van der Waals surface area contributed by atoms with Crippen molar-refractivity contribution in [3.8, 4) is 5.75 Å². The number of hydrogen-bond donors (Lipinski definition) is 2. The third-order valence-corrected chi connectivity index (χ3v) is 2.39. The fourth-order valence-electron chi connectivity index (χ4n) is 1.65. The molecule has 0 radical (unpaired) electrons. The molecule has 5 heteroatoms. The predicted octanol–water partition coefficient (Wildman–Crippen LogP) is 1.31. The fourth-order valence-corrected chi connectivity index (χ4v) is 1.65. The van der Waals surface area contributed by atoms with E-state index in [1.165, 1.54) is 6.07 Å². The minimum atomic E-state index is -1.21. The molecule has 1 heterocycles. The van der Waals surface area contributed by atoms with Crippen molar-refractivity contribution in [3.63, 3.8) is 0 Å². The van der Waals surface area contributed by atoms with Crippen LogP contribution >= 0.6 is 0 Å². The average Bonchev–Trinajstić information content (AvgIpc) is 2.18. The lowest BCUT2D eigenvalue weighted by molar-refractivity contribution is 0.0690. The number of nitrogens with two attached hydrogens (primary N) is 1. The Hall–Kier alpha value is -1.62. The molecule has 0 spiro atoms. The van der Waals surface area contributed by atoms with Crippen molar-refractivity contribution in [1.29, 1.82) is 0 Å². The Bertz CT molecular complexity index is 419. The maximum Gasteiger partial charge on any atom is 0.339 e. The number of halogens is 1. The van der Waals surface area contributed by atoms with Gasteiger partial charge in [-0.15, -0.1) is 0 Å². The van der Waals surface area contributed by atoms with E-state index in [1.807, 2.05) is 0 Å². The van der Waals surface area contributed by atoms with Gasteiger partial charge in [-0.3, -0.25) is 0 Å². The molecule has 80 valence electrons. The van der Waals surface area contributed by atoms with Crippen LogP contribution in [0.4, 0.5) is 4.39 Å². The predicted molar refractivity (Wildman–Crippen MR) is 50.4 cm³/mol. The summed E-state index contributed by atoms with van der Waals surface area (Å²) in [6, 6.07) is 1.81. The molecule has 0 saturated carbocycles. The zero-order valence-corrected chi connectivity index (χ0v) is 7.87. The van der Waals surface area contributed by atoms with E-state index < -0.39 is 11.8 Å². The van der Waals surface area contributed by atoms with Crippen molar-refractivity contribution in [3.05, 3.63) is 29.1 Å². The van der Waals surface area contributed by atoms with E-state index in [9.17, 15) is 9.18 Å².